The fourth-order valence-electron chi connectivity index (χ4n) is 5.55. The Labute approximate surface area is 113 Å². The van der Waals surface area contributed by atoms with Crippen LogP contribution in [0.1, 0.15) is 52.4 Å². The van der Waals surface area contributed by atoms with Crippen molar-refractivity contribution in [3.8, 4) is 0 Å². The van der Waals surface area contributed by atoms with Gasteiger partial charge in [-0.1, -0.05) is 0 Å². The molecule has 4 rings (SSSR count). The van der Waals surface area contributed by atoms with Crippen molar-refractivity contribution in [1.29, 1.82) is 0 Å². The number of carbonyl (C=O) groups excluding carboxylic acids is 1. The molecule has 1 amide bonds. The van der Waals surface area contributed by atoms with Crippen molar-refractivity contribution < 1.29 is 14.7 Å². The summed E-state index contributed by atoms with van der Waals surface area (Å²) in [5.41, 5.74) is -0.481. The van der Waals surface area contributed by atoms with Crippen LogP contribution in [-0.4, -0.2) is 23.0 Å². The highest BCUT2D eigenvalue weighted by Crippen LogP contribution is 2.66. The zero-order valence-electron chi connectivity index (χ0n) is 11.7. The van der Waals surface area contributed by atoms with Gasteiger partial charge in [0.2, 0.25) is 5.91 Å². The van der Waals surface area contributed by atoms with E-state index in [4.69, 9.17) is 0 Å². The van der Waals surface area contributed by atoms with Crippen LogP contribution in [0.25, 0.3) is 0 Å². The smallest absolute Gasteiger partial charge is 0.309 e. The Morgan fingerprint density at radius 1 is 1.21 bits per heavy atom. The highest BCUT2D eigenvalue weighted by molar-refractivity contribution is 5.76. The van der Waals surface area contributed by atoms with Gasteiger partial charge < -0.3 is 10.4 Å². The maximum atomic E-state index is 11.8. The van der Waals surface area contributed by atoms with Crippen LogP contribution in [0, 0.1) is 22.7 Å². The average molecular weight is 265 g/mol. The van der Waals surface area contributed by atoms with Crippen LogP contribution in [0.2, 0.25) is 0 Å². The van der Waals surface area contributed by atoms with E-state index in [-0.39, 0.29) is 17.4 Å². The van der Waals surface area contributed by atoms with Gasteiger partial charge in [-0.25, -0.2) is 0 Å². The van der Waals surface area contributed by atoms with Gasteiger partial charge in [-0.15, -0.1) is 0 Å². The first kappa shape index (κ1) is 12.9. The van der Waals surface area contributed by atoms with Gasteiger partial charge in [0.25, 0.3) is 0 Å². The first-order chi connectivity index (χ1) is 8.85. The second kappa shape index (κ2) is 3.97. The van der Waals surface area contributed by atoms with E-state index < -0.39 is 11.4 Å². The van der Waals surface area contributed by atoms with E-state index in [9.17, 15) is 14.7 Å². The minimum atomic E-state index is -0.610. The number of carboxylic acids is 1. The molecule has 4 bridgehead atoms. The normalized spacial score (nSPS) is 44.9. The molecule has 0 aliphatic heterocycles. The molecule has 0 aromatic rings. The average Bonchev–Trinajstić information content (AvgIpc) is 2.25. The van der Waals surface area contributed by atoms with Crippen molar-refractivity contribution in [3.05, 3.63) is 0 Å². The summed E-state index contributed by atoms with van der Waals surface area (Å²) in [7, 11) is 0. The highest BCUT2D eigenvalue weighted by atomic mass is 16.4. The fourth-order valence-corrected chi connectivity index (χ4v) is 5.55. The van der Waals surface area contributed by atoms with E-state index in [1.54, 1.807) is 6.92 Å². The number of aliphatic carboxylic acids is 1. The summed E-state index contributed by atoms with van der Waals surface area (Å²) in [6.45, 7) is 3.61. The summed E-state index contributed by atoms with van der Waals surface area (Å²) in [4.78, 5) is 23.1. The Bertz CT molecular complexity index is 417. The lowest BCUT2D eigenvalue weighted by atomic mass is 9.43. The molecule has 19 heavy (non-hydrogen) atoms. The molecular formula is C15H23NO3. The first-order valence-electron chi connectivity index (χ1n) is 7.36. The highest BCUT2D eigenvalue weighted by Gasteiger charge is 2.62. The van der Waals surface area contributed by atoms with Gasteiger partial charge in [-0.3, -0.25) is 9.59 Å². The van der Waals surface area contributed by atoms with E-state index >= 15 is 0 Å². The quantitative estimate of drug-likeness (QED) is 0.822. The van der Waals surface area contributed by atoms with Gasteiger partial charge >= 0.3 is 5.97 Å². The van der Waals surface area contributed by atoms with Gasteiger partial charge in [-0.05, 0) is 62.7 Å². The van der Waals surface area contributed by atoms with Crippen LogP contribution in [-0.2, 0) is 9.59 Å². The zero-order chi connectivity index (χ0) is 13.8. The Morgan fingerprint density at radius 2 is 1.79 bits per heavy atom. The zero-order valence-corrected chi connectivity index (χ0v) is 11.7. The largest absolute Gasteiger partial charge is 0.481 e. The van der Waals surface area contributed by atoms with E-state index in [2.05, 4.69) is 12.2 Å². The summed E-state index contributed by atoms with van der Waals surface area (Å²) in [6.07, 6.45) is 5.86. The summed E-state index contributed by atoms with van der Waals surface area (Å²) in [6, 6.07) is 0.0922. The number of carbonyl (C=O) groups is 2. The summed E-state index contributed by atoms with van der Waals surface area (Å²) in [5.74, 6) is 0.482. The molecule has 0 heterocycles. The van der Waals surface area contributed by atoms with Crippen molar-refractivity contribution in [2.45, 2.75) is 58.4 Å². The molecule has 4 saturated carbocycles. The number of hydrogen-bond acceptors (Lipinski definition) is 2. The molecule has 0 spiro atoms. The fraction of sp³-hybridized carbons (Fsp3) is 0.867. The number of amides is 1. The standard InChI is InChI=1S/C15H23NO3/c1-9(16-10(2)17)14-4-11-3-12(5-14)7-15(6-11,8-14)13(18)19/h9,11-12H,3-8H2,1-2H3,(H,16,17)(H,18,19)/t9-,11-,12-,14?,15?/m1/s1. The van der Waals surface area contributed by atoms with Crippen LogP contribution in [0.4, 0.5) is 0 Å². The van der Waals surface area contributed by atoms with Gasteiger partial charge in [0.15, 0.2) is 0 Å². The van der Waals surface area contributed by atoms with E-state index in [0.29, 0.717) is 11.8 Å². The third-order valence-corrected chi connectivity index (χ3v) is 5.90. The molecule has 0 saturated heterocycles. The molecule has 0 radical (unpaired) electrons. The van der Waals surface area contributed by atoms with Gasteiger partial charge in [0.05, 0.1) is 5.41 Å². The molecule has 0 unspecified atom stereocenters. The second-order valence-electron chi connectivity index (χ2n) is 7.33. The summed E-state index contributed by atoms with van der Waals surface area (Å²) in [5, 5.41) is 12.7. The van der Waals surface area contributed by atoms with Gasteiger partial charge in [0, 0.05) is 13.0 Å². The molecule has 0 aromatic carbocycles. The third kappa shape index (κ3) is 1.87. The minimum absolute atomic E-state index is 0.00683. The number of nitrogens with one attached hydrogen (secondary N) is 1. The maximum absolute atomic E-state index is 11.8. The molecule has 4 heteroatoms. The van der Waals surface area contributed by atoms with Crippen molar-refractivity contribution in [2.75, 3.05) is 0 Å². The molecule has 2 N–H and O–H groups in total. The van der Waals surface area contributed by atoms with Crippen LogP contribution in [0.5, 0.6) is 0 Å². The second-order valence-corrected chi connectivity index (χ2v) is 7.33. The predicted octanol–water partition coefficient (Wildman–Crippen LogP) is 2.18. The molecule has 4 aliphatic rings. The molecular weight excluding hydrogens is 242 g/mol. The van der Waals surface area contributed by atoms with Gasteiger partial charge in [-0.2, -0.15) is 0 Å². The maximum Gasteiger partial charge on any atom is 0.309 e. The minimum Gasteiger partial charge on any atom is -0.481 e. The lowest BCUT2D eigenvalue weighted by Gasteiger charge is -2.62. The Balaban J connectivity index is 1.91. The van der Waals surface area contributed by atoms with Crippen molar-refractivity contribution in [2.24, 2.45) is 22.7 Å². The number of carboxylic acid groups (broad SMARTS) is 1. The van der Waals surface area contributed by atoms with Crippen molar-refractivity contribution >= 4 is 11.9 Å². The number of hydrogen-bond donors (Lipinski definition) is 2. The van der Waals surface area contributed by atoms with Crippen molar-refractivity contribution in [3.63, 3.8) is 0 Å². The first-order valence-corrected chi connectivity index (χ1v) is 7.36. The van der Waals surface area contributed by atoms with Crippen LogP contribution >= 0.6 is 0 Å². The van der Waals surface area contributed by atoms with E-state index in [1.807, 2.05) is 0 Å². The van der Waals surface area contributed by atoms with Crippen LogP contribution < -0.4 is 5.32 Å². The Morgan fingerprint density at radius 3 is 2.26 bits per heavy atom. The molecule has 3 atom stereocenters. The van der Waals surface area contributed by atoms with E-state index in [1.165, 1.54) is 6.42 Å². The molecule has 0 aromatic heterocycles. The van der Waals surface area contributed by atoms with Crippen LogP contribution in [0.3, 0.4) is 0 Å². The topological polar surface area (TPSA) is 66.4 Å². The van der Waals surface area contributed by atoms with Crippen molar-refractivity contribution in [1.82, 2.24) is 5.32 Å². The predicted molar refractivity (Wildman–Crippen MR) is 70.5 cm³/mol. The number of rotatable bonds is 3. The molecule has 4 fully saturated rings. The lowest BCUT2D eigenvalue weighted by Crippen LogP contribution is -2.60. The van der Waals surface area contributed by atoms with Gasteiger partial charge in [0.1, 0.15) is 0 Å². The van der Waals surface area contributed by atoms with E-state index in [0.717, 1.165) is 32.1 Å². The molecule has 4 aliphatic carbocycles. The third-order valence-electron chi connectivity index (χ3n) is 5.90. The Hall–Kier alpha value is -1.06. The lowest BCUT2D eigenvalue weighted by molar-refractivity contribution is -0.177. The summed E-state index contributed by atoms with van der Waals surface area (Å²) >= 11 is 0. The summed E-state index contributed by atoms with van der Waals surface area (Å²) < 4.78 is 0. The Kier molecular flexibility index (Phi) is 2.70. The van der Waals surface area contributed by atoms with Crippen LogP contribution in [0.15, 0.2) is 0 Å². The molecule has 106 valence electrons. The SMILES string of the molecule is CC(=O)N[C@H](C)C12C[C@H]3C[C@@H](CC(C(=O)O)(C3)C1)C2. The monoisotopic (exact) mass is 265 g/mol. The molecule has 4 nitrogen and oxygen atoms in total.